The number of amides is 1. The van der Waals surface area contributed by atoms with Gasteiger partial charge in [0.25, 0.3) is 0 Å². The van der Waals surface area contributed by atoms with Crippen molar-refractivity contribution in [3.63, 3.8) is 0 Å². The van der Waals surface area contributed by atoms with E-state index in [9.17, 15) is 13.2 Å². The van der Waals surface area contributed by atoms with Gasteiger partial charge in [-0.05, 0) is 37.0 Å². The van der Waals surface area contributed by atoms with Gasteiger partial charge in [0.15, 0.2) is 0 Å². The molecule has 1 aliphatic carbocycles. The fourth-order valence-electron chi connectivity index (χ4n) is 5.21. The number of benzene rings is 3. The Kier molecular flexibility index (Phi) is 8.38. The molecular formula is C29H37N5O3S. The second-order valence-electron chi connectivity index (χ2n) is 10.1. The normalized spacial score (nSPS) is 15.5. The van der Waals surface area contributed by atoms with E-state index in [2.05, 4.69) is 9.71 Å². The van der Waals surface area contributed by atoms with E-state index < -0.39 is 16.1 Å². The van der Waals surface area contributed by atoms with Gasteiger partial charge in [0.05, 0.1) is 4.90 Å². The lowest BCUT2D eigenvalue weighted by Crippen LogP contribution is -2.50. The van der Waals surface area contributed by atoms with Crippen LogP contribution in [0.3, 0.4) is 0 Å². The number of sulfonamides is 1. The van der Waals surface area contributed by atoms with Crippen LogP contribution >= 0.6 is 0 Å². The summed E-state index contributed by atoms with van der Waals surface area (Å²) >= 11 is 0. The first-order chi connectivity index (χ1) is 18.1. The van der Waals surface area contributed by atoms with Gasteiger partial charge in [-0.25, -0.2) is 8.42 Å². The Morgan fingerprint density at radius 1 is 1.00 bits per heavy atom. The molecule has 4 rings (SSSR count). The van der Waals surface area contributed by atoms with Crippen LogP contribution in [0.4, 0.5) is 5.69 Å². The molecule has 1 amide bonds. The number of nitrogens with two attached hydrogens (primary N) is 1. The third kappa shape index (κ3) is 5.84. The molecule has 8 nitrogen and oxygen atoms in total. The number of carbonyl (C=O) groups is 1. The first-order valence-electron chi connectivity index (χ1n) is 12.9. The molecule has 9 heteroatoms. The molecule has 1 aliphatic rings. The average molecular weight is 536 g/mol. The van der Waals surface area contributed by atoms with Crippen LogP contribution in [0.2, 0.25) is 0 Å². The van der Waals surface area contributed by atoms with Crippen molar-refractivity contribution < 1.29 is 13.2 Å². The van der Waals surface area contributed by atoms with Gasteiger partial charge in [-0.2, -0.15) is 4.72 Å². The number of hydrogen-bond donors (Lipinski definition) is 2. The van der Waals surface area contributed by atoms with E-state index in [1.54, 1.807) is 37.2 Å². The predicted molar refractivity (Wildman–Crippen MR) is 154 cm³/mol. The van der Waals surface area contributed by atoms with E-state index in [0.29, 0.717) is 11.2 Å². The van der Waals surface area contributed by atoms with E-state index >= 15 is 0 Å². The van der Waals surface area contributed by atoms with Gasteiger partial charge in [0, 0.05) is 56.3 Å². The Bertz CT molecular complexity index is 1430. The summed E-state index contributed by atoms with van der Waals surface area (Å²) in [6.07, 6.45) is 4.23. The van der Waals surface area contributed by atoms with Crippen LogP contribution in [-0.2, 0) is 21.2 Å². The Morgan fingerprint density at radius 2 is 1.63 bits per heavy atom. The summed E-state index contributed by atoms with van der Waals surface area (Å²) in [6.45, 7) is 0. The number of fused-ring (bicyclic) bond motifs is 1. The molecule has 3 N–H and O–H groups in total. The SMILES string of the molecule is CN=C(N)c1ccc(C[C@H](NS(=O)(=O)c2cccc3c(N(C)C)cccc23)C(=O)N(C)C2CCCC2)cc1. The second-order valence-corrected chi connectivity index (χ2v) is 11.8. The molecule has 1 fully saturated rings. The molecule has 3 aromatic carbocycles. The average Bonchev–Trinajstić information content (AvgIpc) is 3.46. The molecule has 0 aliphatic heterocycles. The van der Waals surface area contributed by atoms with Gasteiger partial charge in [-0.3, -0.25) is 9.79 Å². The zero-order chi connectivity index (χ0) is 27.4. The van der Waals surface area contributed by atoms with Crippen LogP contribution in [0.25, 0.3) is 10.8 Å². The first kappa shape index (κ1) is 27.6. The summed E-state index contributed by atoms with van der Waals surface area (Å²) in [5, 5.41) is 1.44. The fourth-order valence-corrected chi connectivity index (χ4v) is 6.62. The van der Waals surface area contributed by atoms with E-state index in [1.165, 1.54) is 0 Å². The van der Waals surface area contributed by atoms with Gasteiger partial charge in [0.1, 0.15) is 11.9 Å². The van der Waals surface area contributed by atoms with E-state index in [-0.39, 0.29) is 23.3 Å². The van der Waals surface area contributed by atoms with Gasteiger partial charge in [-0.1, -0.05) is 61.4 Å². The molecule has 0 aromatic heterocycles. The van der Waals surface area contributed by atoms with Gasteiger partial charge < -0.3 is 15.5 Å². The van der Waals surface area contributed by atoms with E-state index in [4.69, 9.17) is 5.73 Å². The molecule has 3 aromatic rings. The van der Waals surface area contributed by atoms with Crippen molar-refractivity contribution in [3.05, 3.63) is 71.8 Å². The quantitative estimate of drug-likeness (QED) is 0.322. The Hall–Kier alpha value is -3.43. The molecule has 202 valence electrons. The minimum atomic E-state index is -4.03. The van der Waals surface area contributed by atoms with Gasteiger partial charge in [0.2, 0.25) is 15.9 Å². The Morgan fingerprint density at radius 3 is 2.26 bits per heavy atom. The lowest BCUT2D eigenvalue weighted by molar-refractivity contribution is -0.133. The zero-order valence-electron chi connectivity index (χ0n) is 22.5. The summed E-state index contributed by atoms with van der Waals surface area (Å²) in [5.74, 6) is 0.187. The topological polar surface area (TPSA) is 108 Å². The van der Waals surface area contributed by atoms with Crippen molar-refractivity contribution in [2.75, 3.05) is 33.1 Å². The highest BCUT2D eigenvalue weighted by atomic mass is 32.2. The standard InChI is InChI=1S/C29H37N5O3S/c1-31-28(30)21-17-15-20(16-18-21)19-25(29(35)34(4)22-9-5-6-10-22)32-38(36,37)27-14-8-11-23-24(27)12-7-13-26(23)33(2)3/h7-8,11-18,22,25,32H,5-6,9-10,19H2,1-4H3,(H2,30,31)/t25-/m0/s1. The van der Waals surface area contributed by atoms with Crippen molar-refractivity contribution in [2.24, 2.45) is 10.7 Å². The first-order valence-corrected chi connectivity index (χ1v) is 14.4. The van der Waals surface area contributed by atoms with Crippen LogP contribution in [0, 0.1) is 0 Å². The molecule has 0 radical (unpaired) electrons. The molecule has 38 heavy (non-hydrogen) atoms. The number of amidine groups is 1. The molecule has 1 saturated carbocycles. The predicted octanol–water partition coefficient (Wildman–Crippen LogP) is 3.53. The number of rotatable bonds is 9. The summed E-state index contributed by atoms with van der Waals surface area (Å²) in [5.41, 5.74) is 8.44. The van der Waals surface area contributed by atoms with E-state index in [1.807, 2.05) is 61.5 Å². The van der Waals surface area contributed by atoms with Gasteiger partial charge in [-0.15, -0.1) is 0 Å². The molecule has 0 heterocycles. The number of hydrogen-bond acceptors (Lipinski definition) is 5. The summed E-state index contributed by atoms with van der Waals surface area (Å²) in [6, 6.07) is 17.4. The third-order valence-corrected chi connectivity index (χ3v) is 8.91. The largest absolute Gasteiger partial charge is 0.384 e. The van der Waals surface area contributed by atoms with Crippen molar-refractivity contribution >= 4 is 38.2 Å². The number of carbonyl (C=O) groups excluding carboxylic acids is 1. The number of nitrogens with zero attached hydrogens (tertiary/aromatic N) is 3. The van der Waals surface area contributed by atoms with Crippen LogP contribution in [0.15, 0.2) is 70.6 Å². The number of aliphatic imine (C=N–C) groups is 1. The highest BCUT2D eigenvalue weighted by Crippen LogP contribution is 2.30. The molecular weight excluding hydrogens is 498 g/mol. The maximum absolute atomic E-state index is 13.8. The van der Waals surface area contributed by atoms with Crippen molar-refractivity contribution in [3.8, 4) is 0 Å². The minimum absolute atomic E-state index is 0.123. The van der Waals surface area contributed by atoms with Crippen molar-refractivity contribution in [2.45, 2.75) is 49.1 Å². The maximum Gasteiger partial charge on any atom is 0.241 e. The Balaban J connectivity index is 1.69. The highest BCUT2D eigenvalue weighted by Gasteiger charge is 2.32. The number of likely N-dealkylation sites (N-methyl/N-ethyl adjacent to an activating group) is 1. The third-order valence-electron chi connectivity index (χ3n) is 7.38. The van der Waals surface area contributed by atoms with Crippen LogP contribution in [0.5, 0.6) is 0 Å². The van der Waals surface area contributed by atoms with Crippen molar-refractivity contribution in [1.29, 1.82) is 0 Å². The lowest BCUT2D eigenvalue weighted by Gasteiger charge is -2.29. The Labute approximate surface area is 225 Å². The molecule has 0 bridgehead atoms. The number of anilines is 1. The van der Waals surface area contributed by atoms with Crippen LogP contribution < -0.4 is 15.4 Å². The molecule has 1 atom stereocenters. The maximum atomic E-state index is 13.8. The molecule has 0 saturated heterocycles. The summed E-state index contributed by atoms with van der Waals surface area (Å²) in [7, 11) is 3.22. The summed E-state index contributed by atoms with van der Waals surface area (Å²) < 4.78 is 30.4. The second kappa shape index (κ2) is 11.5. The van der Waals surface area contributed by atoms with Gasteiger partial charge >= 0.3 is 0 Å². The van der Waals surface area contributed by atoms with E-state index in [0.717, 1.165) is 47.9 Å². The fraction of sp³-hybridized carbons (Fsp3) is 0.379. The summed E-state index contributed by atoms with van der Waals surface area (Å²) in [4.78, 5) is 21.6. The minimum Gasteiger partial charge on any atom is -0.384 e. The highest BCUT2D eigenvalue weighted by molar-refractivity contribution is 7.89. The lowest BCUT2D eigenvalue weighted by atomic mass is 10.0. The number of nitrogens with one attached hydrogen (secondary N) is 1. The monoisotopic (exact) mass is 535 g/mol. The molecule has 0 spiro atoms. The molecule has 0 unspecified atom stereocenters. The van der Waals surface area contributed by atoms with Crippen molar-refractivity contribution in [1.82, 2.24) is 9.62 Å². The smallest absolute Gasteiger partial charge is 0.241 e. The van der Waals surface area contributed by atoms with Crippen LogP contribution in [-0.4, -0.2) is 65.3 Å². The van der Waals surface area contributed by atoms with Crippen LogP contribution in [0.1, 0.15) is 36.8 Å². The zero-order valence-corrected chi connectivity index (χ0v) is 23.3.